The van der Waals surface area contributed by atoms with Crippen molar-refractivity contribution in [3.05, 3.63) is 40.9 Å². The van der Waals surface area contributed by atoms with E-state index in [0.29, 0.717) is 43.4 Å². The molecule has 31 heavy (non-hydrogen) atoms. The monoisotopic (exact) mass is 426 g/mol. The number of amides is 1. The van der Waals surface area contributed by atoms with Crippen LogP contribution >= 0.6 is 0 Å². The highest BCUT2D eigenvalue weighted by Gasteiger charge is 2.31. The smallest absolute Gasteiger partial charge is 0.297 e. The van der Waals surface area contributed by atoms with E-state index in [4.69, 9.17) is 13.9 Å². The van der Waals surface area contributed by atoms with Crippen molar-refractivity contribution < 1.29 is 18.7 Å². The number of hydrogen-bond donors (Lipinski definition) is 1. The van der Waals surface area contributed by atoms with Crippen molar-refractivity contribution >= 4 is 28.0 Å². The molecule has 0 radical (unpaired) electrons. The third kappa shape index (κ3) is 4.08. The zero-order chi connectivity index (χ0) is 21.2. The molecule has 9 nitrogen and oxygen atoms in total. The molecule has 2 aromatic heterocycles. The van der Waals surface area contributed by atoms with E-state index < -0.39 is 0 Å². The average Bonchev–Trinajstić information content (AvgIpc) is 3.45. The van der Waals surface area contributed by atoms with Gasteiger partial charge < -0.3 is 19.2 Å². The molecule has 0 saturated carbocycles. The third-order valence-electron chi connectivity index (χ3n) is 6.20. The number of fused-ring (bicyclic) bond motifs is 3. The molecule has 2 unspecified atom stereocenters. The Labute approximate surface area is 178 Å². The molecule has 3 aromatic rings. The van der Waals surface area contributed by atoms with Gasteiger partial charge in [-0.25, -0.2) is 4.98 Å². The van der Waals surface area contributed by atoms with Gasteiger partial charge in [-0.1, -0.05) is 12.1 Å². The predicted octanol–water partition coefficient (Wildman–Crippen LogP) is 0.996. The molecule has 2 aliphatic heterocycles. The van der Waals surface area contributed by atoms with Gasteiger partial charge in [0, 0.05) is 43.6 Å². The number of nitrogens with zero attached hydrogens (tertiary/aromatic N) is 3. The van der Waals surface area contributed by atoms with Crippen molar-refractivity contribution in [2.45, 2.75) is 19.0 Å². The molecular formula is C22H26N4O5. The molecule has 1 N–H and O–H groups in total. The Hall–Kier alpha value is -2.75. The van der Waals surface area contributed by atoms with Gasteiger partial charge >= 0.3 is 0 Å². The number of rotatable bonds is 6. The lowest BCUT2D eigenvalue weighted by atomic mass is 9.97. The van der Waals surface area contributed by atoms with Crippen molar-refractivity contribution in [3.8, 4) is 0 Å². The number of furan rings is 1. The van der Waals surface area contributed by atoms with Gasteiger partial charge in [0.25, 0.3) is 5.56 Å². The molecule has 5 rings (SSSR count). The molecule has 0 aliphatic carbocycles. The molecule has 2 atom stereocenters. The van der Waals surface area contributed by atoms with E-state index in [0.717, 1.165) is 31.5 Å². The van der Waals surface area contributed by atoms with Gasteiger partial charge in [0.1, 0.15) is 17.6 Å². The van der Waals surface area contributed by atoms with Crippen molar-refractivity contribution in [1.82, 2.24) is 19.8 Å². The second kappa shape index (κ2) is 8.78. The number of hydrogen-bond acceptors (Lipinski definition) is 7. The maximum atomic E-state index is 12.8. The van der Waals surface area contributed by atoms with Gasteiger partial charge in [-0.05, 0) is 18.6 Å². The Kier molecular flexibility index (Phi) is 5.71. The number of benzene rings is 1. The van der Waals surface area contributed by atoms with Gasteiger partial charge in [0.05, 0.1) is 26.1 Å². The molecule has 2 saturated heterocycles. The fraction of sp³-hybridized carbons (Fsp3) is 0.500. The van der Waals surface area contributed by atoms with E-state index in [1.54, 1.807) is 6.07 Å². The minimum Gasteiger partial charge on any atom is -0.448 e. The van der Waals surface area contributed by atoms with Crippen LogP contribution in [0.25, 0.3) is 22.1 Å². The summed E-state index contributed by atoms with van der Waals surface area (Å²) in [5.41, 5.74) is 0.943. The van der Waals surface area contributed by atoms with Crippen LogP contribution < -0.4 is 10.9 Å². The van der Waals surface area contributed by atoms with E-state index >= 15 is 0 Å². The molecule has 2 fully saturated rings. The topological polar surface area (TPSA) is 98.8 Å². The molecule has 0 spiro atoms. The Morgan fingerprint density at radius 2 is 2.03 bits per heavy atom. The molecule has 4 heterocycles. The highest BCUT2D eigenvalue weighted by Crippen LogP contribution is 2.24. The van der Waals surface area contributed by atoms with Gasteiger partial charge in [-0.2, -0.15) is 0 Å². The molecular weight excluding hydrogens is 400 g/mol. The minimum atomic E-state index is -0.356. The van der Waals surface area contributed by atoms with Crippen molar-refractivity contribution in [2.24, 2.45) is 5.92 Å². The fourth-order valence-corrected chi connectivity index (χ4v) is 4.52. The van der Waals surface area contributed by atoms with Crippen LogP contribution in [0.1, 0.15) is 6.42 Å². The number of carbonyl (C=O) groups excluding carboxylic acids is 1. The molecule has 2 aliphatic rings. The second-order valence-electron chi connectivity index (χ2n) is 8.10. The number of ether oxygens (including phenoxy) is 2. The normalized spacial score (nSPS) is 21.0. The summed E-state index contributed by atoms with van der Waals surface area (Å²) >= 11 is 0. The van der Waals surface area contributed by atoms with Crippen LogP contribution in [0.3, 0.4) is 0 Å². The summed E-state index contributed by atoms with van der Waals surface area (Å²) in [7, 11) is 0. The van der Waals surface area contributed by atoms with Crippen LogP contribution in [0.2, 0.25) is 0 Å². The first kappa shape index (κ1) is 20.2. The summed E-state index contributed by atoms with van der Waals surface area (Å²) in [5.74, 6) is 0.159. The Morgan fingerprint density at radius 1 is 1.19 bits per heavy atom. The molecule has 0 bridgehead atoms. The SMILES string of the molecule is O=C(Cn1cnc2c(oc3ccccc32)c1=O)NCC(C1CCOC1)N1CCOCC1. The number of para-hydroxylation sites is 1. The average molecular weight is 426 g/mol. The molecule has 164 valence electrons. The first-order valence-corrected chi connectivity index (χ1v) is 10.7. The number of morpholine rings is 1. The number of aromatic nitrogens is 2. The van der Waals surface area contributed by atoms with E-state index in [9.17, 15) is 9.59 Å². The third-order valence-corrected chi connectivity index (χ3v) is 6.20. The molecule has 1 aromatic carbocycles. The van der Waals surface area contributed by atoms with Crippen LogP contribution in [-0.2, 0) is 20.8 Å². The van der Waals surface area contributed by atoms with E-state index in [-0.39, 0.29) is 29.6 Å². The van der Waals surface area contributed by atoms with Crippen molar-refractivity contribution in [1.29, 1.82) is 0 Å². The van der Waals surface area contributed by atoms with Gasteiger partial charge in [0.15, 0.2) is 0 Å². The second-order valence-corrected chi connectivity index (χ2v) is 8.10. The number of nitrogens with one attached hydrogen (secondary N) is 1. The van der Waals surface area contributed by atoms with Crippen LogP contribution in [0.5, 0.6) is 0 Å². The van der Waals surface area contributed by atoms with E-state index in [1.807, 2.05) is 18.2 Å². The Morgan fingerprint density at radius 3 is 2.84 bits per heavy atom. The highest BCUT2D eigenvalue weighted by molar-refractivity contribution is 6.01. The zero-order valence-corrected chi connectivity index (χ0v) is 17.3. The lowest BCUT2D eigenvalue weighted by Crippen LogP contribution is -2.52. The lowest BCUT2D eigenvalue weighted by Gasteiger charge is -2.37. The van der Waals surface area contributed by atoms with Crippen LogP contribution in [-0.4, -0.2) is 72.5 Å². The van der Waals surface area contributed by atoms with Crippen LogP contribution in [0, 0.1) is 5.92 Å². The summed E-state index contributed by atoms with van der Waals surface area (Å²) in [6.45, 7) is 5.00. The fourth-order valence-electron chi connectivity index (χ4n) is 4.52. The van der Waals surface area contributed by atoms with Crippen LogP contribution in [0.15, 0.2) is 39.8 Å². The highest BCUT2D eigenvalue weighted by atomic mass is 16.5. The lowest BCUT2D eigenvalue weighted by molar-refractivity contribution is -0.122. The summed E-state index contributed by atoms with van der Waals surface area (Å²) in [6, 6.07) is 7.58. The summed E-state index contributed by atoms with van der Waals surface area (Å²) in [4.78, 5) is 32.2. The zero-order valence-electron chi connectivity index (χ0n) is 17.3. The van der Waals surface area contributed by atoms with Crippen molar-refractivity contribution in [3.63, 3.8) is 0 Å². The quantitative estimate of drug-likeness (QED) is 0.628. The van der Waals surface area contributed by atoms with Gasteiger partial charge in [-0.15, -0.1) is 0 Å². The van der Waals surface area contributed by atoms with E-state index in [2.05, 4.69) is 15.2 Å². The maximum Gasteiger partial charge on any atom is 0.297 e. The summed E-state index contributed by atoms with van der Waals surface area (Å²) in [5, 5.41) is 3.80. The summed E-state index contributed by atoms with van der Waals surface area (Å²) in [6.07, 6.45) is 2.40. The van der Waals surface area contributed by atoms with Crippen LogP contribution in [0.4, 0.5) is 0 Å². The Balaban J connectivity index is 1.29. The number of carbonyl (C=O) groups is 1. The van der Waals surface area contributed by atoms with Gasteiger partial charge in [-0.3, -0.25) is 19.1 Å². The van der Waals surface area contributed by atoms with E-state index in [1.165, 1.54) is 10.9 Å². The first-order chi connectivity index (χ1) is 15.2. The maximum absolute atomic E-state index is 12.8. The minimum absolute atomic E-state index is 0.101. The predicted molar refractivity (Wildman–Crippen MR) is 114 cm³/mol. The standard InChI is InChI=1S/C22H26N4O5/c27-19(23-11-17(15-5-8-30-13-15)25-6-9-29-10-7-25)12-26-14-24-20-16-3-1-2-4-18(16)31-21(20)22(26)28/h1-4,14-15,17H,5-13H2,(H,23,27). The van der Waals surface area contributed by atoms with Crippen molar-refractivity contribution in [2.75, 3.05) is 46.1 Å². The summed E-state index contributed by atoms with van der Waals surface area (Å²) < 4.78 is 18.0. The van der Waals surface area contributed by atoms with Gasteiger partial charge in [0.2, 0.25) is 11.5 Å². The molecule has 1 amide bonds. The largest absolute Gasteiger partial charge is 0.448 e. The Bertz CT molecular complexity index is 1130. The molecule has 9 heteroatoms. The first-order valence-electron chi connectivity index (χ1n) is 10.7.